The van der Waals surface area contributed by atoms with Gasteiger partial charge in [0.15, 0.2) is 0 Å². The van der Waals surface area contributed by atoms with Crippen molar-refractivity contribution in [2.45, 2.75) is 27.2 Å². The molecule has 2 rings (SSSR count). The van der Waals surface area contributed by atoms with Crippen LogP contribution in [-0.2, 0) is 0 Å². The van der Waals surface area contributed by atoms with Crippen molar-refractivity contribution < 1.29 is 4.79 Å². The van der Waals surface area contributed by atoms with Gasteiger partial charge in [0, 0.05) is 23.4 Å². The quantitative estimate of drug-likeness (QED) is 0.819. The Morgan fingerprint density at radius 1 is 1.09 bits per heavy atom. The molecule has 0 spiro atoms. The van der Waals surface area contributed by atoms with Crippen molar-refractivity contribution >= 4 is 11.6 Å². The highest BCUT2D eigenvalue weighted by Gasteiger charge is 2.14. The fourth-order valence-electron chi connectivity index (χ4n) is 2.40. The third kappa shape index (κ3) is 3.67. The number of rotatable bonds is 5. The van der Waals surface area contributed by atoms with E-state index in [1.54, 1.807) is 0 Å². The summed E-state index contributed by atoms with van der Waals surface area (Å²) in [7, 11) is 0. The van der Waals surface area contributed by atoms with Crippen molar-refractivity contribution in [1.82, 2.24) is 5.32 Å². The van der Waals surface area contributed by atoms with Crippen LogP contribution in [0.15, 0.2) is 42.5 Å². The van der Waals surface area contributed by atoms with E-state index in [-0.39, 0.29) is 5.91 Å². The SMILES string of the molecule is Cc1cccc(-c2ccccc2C(=O)NCCC(C)C)c1N. The van der Waals surface area contributed by atoms with E-state index in [4.69, 9.17) is 5.73 Å². The molecule has 0 radical (unpaired) electrons. The molecule has 3 N–H and O–H groups in total. The summed E-state index contributed by atoms with van der Waals surface area (Å²) in [6.45, 7) is 6.96. The first-order chi connectivity index (χ1) is 10.5. The molecule has 3 nitrogen and oxygen atoms in total. The van der Waals surface area contributed by atoms with Crippen LogP contribution < -0.4 is 11.1 Å². The molecule has 0 aliphatic heterocycles. The lowest BCUT2D eigenvalue weighted by Crippen LogP contribution is -2.25. The number of nitrogens with one attached hydrogen (secondary N) is 1. The van der Waals surface area contributed by atoms with Gasteiger partial charge in [-0.25, -0.2) is 0 Å². The van der Waals surface area contributed by atoms with Crippen LogP contribution in [0.1, 0.15) is 36.2 Å². The van der Waals surface area contributed by atoms with Crippen molar-refractivity contribution in [2.24, 2.45) is 5.92 Å². The lowest BCUT2D eigenvalue weighted by molar-refractivity contribution is 0.0952. The van der Waals surface area contributed by atoms with Gasteiger partial charge < -0.3 is 11.1 Å². The number of carbonyl (C=O) groups excluding carboxylic acids is 1. The van der Waals surface area contributed by atoms with Crippen molar-refractivity contribution in [3.8, 4) is 11.1 Å². The molecule has 0 aliphatic carbocycles. The second-order valence-corrected chi connectivity index (χ2v) is 6.02. The highest BCUT2D eigenvalue weighted by atomic mass is 16.1. The second-order valence-electron chi connectivity index (χ2n) is 6.02. The van der Waals surface area contributed by atoms with E-state index in [2.05, 4.69) is 19.2 Å². The van der Waals surface area contributed by atoms with E-state index >= 15 is 0 Å². The number of carbonyl (C=O) groups is 1. The number of nitrogen functional groups attached to an aromatic ring is 1. The minimum Gasteiger partial charge on any atom is -0.398 e. The van der Waals surface area contributed by atoms with Crippen LogP contribution in [0.3, 0.4) is 0 Å². The maximum absolute atomic E-state index is 12.5. The van der Waals surface area contributed by atoms with E-state index in [1.165, 1.54) is 0 Å². The minimum absolute atomic E-state index is 0.0443. The van der Waals surface area contributed by atoms with Gasteiger partial charge in [0.1, 0.15) is 0 Å². The Kier molecular flexibility index (Phi) is 5.21. The summed E-state index contributed by atoms with van der Waals surface area (Å²) < 4.78 is 0. The number of anilines is 1. The largest absolute Gasteiger partial charge is 0.398 e. The Hall–Kier alpha value is -2.29. The van der Waals surface area contributed by atoms with Gasteiger partial charge >= 0.3 is 0 Å². The van der Waals surface area contributed by atoms with Crippen LogP contribution in [0.5, 0.6) is 0 Å². The number of amides is 1. The predicted octanol–water partition coefficient (Wildman–Crippen LogP) is 4.02. The van der Waals surface area contributed by atoms with Crippen LogP contribution in [0.25, 0.3) is 11.1 Å². The van der Waals surface area contributed by atoms with Crippen molar-refractivity contribution in [3.05, 3.63) is 53.6 Å². The lowest BCUT2D eigenvalue weighted by Gasteiger charge is -2.14. The van der Waals surface area contributed by atoms with E-state index in [1.807, 2.05) is 49.4 Å². The third-order valence-corrected chi connectivity index (χ3v) is 3.79. The predicted molar refractivity (Wildman–Crippen MR) is 92.8 cm³/mol. The maximum atomic E-state index is 12.5. The van der Waals surface area contributed by atoms with Crippen LogP contribution >= 0.6 is 0 Å². The maximum Gasteiger partial charge on any atom is 0.251 e. The molecule has 0 aliphatic rings. The van der Waals surface area contributed by atoms with Gasteiger partial charge in [0.05, 0.1) is 0 Å². The average Bonchev–Trinajstić information content (AvgIpc) is 2.49. The molecule has 0 unspecified atom stereocenters. The molecular formula is C19H24N2O. The van der Waals surface area contributed by atoms with Gasteiger partial charge in [-0.3, -0.25) is 4.79 Å². The first-order valence-electron chi connectivity index (χ1n) is 7.73. The molecule has 0 atom stereocenters. The van der Waals surface area contributed by atoms with Gasteiger partial charge in [-0.15, -0.1) is 0 Å². The Bertz CT molecular complexity index is 662. The molecule has 2 aromatic rings. The molecule has 0 saturated heterocycles. The van der Waals surface area contributed by atoms with Crippen molar-refractivity contribution in [2.75, 3.05) is 12.3 Å². The molecule has 22 heavy (non-hydrogen) atoms. The molecule has 0 fully saturated rings. The van der Waals surface area contributed by atoms with Crippen LogP contribution in [-0.4, -0.2) is 12.5 Å². The smallest absolute Gasteiger partial charge is 0.251 e. The van der Waals surface area contributed by atoms with Crippen LogP contribution in [0.2, 0.25) is 0 Å². The molecular weight excluding hydrogens is 272 g/mol. The lowest BCUT2D eigenvalue weighted by atomic mass is 9.96. The standard InChI is InChI=1S/C19H24N2O/c1-13(2)11-12-21-19(22)17-9-5-4-8-15(17)16-10-6-7-14(3)18(16)20/h4-10,13H,11-12,20H2,1-3H3,(H,21,22). The zero-order valence-corrected chi connectivity index (χ0v) is 13.5. The Morgan fingerprint density at radius 3 is 2.50 bits per heavy atom. The zero-order valence-electron chi connectivity index (χ0n) is 13.5. The molecule has 116 valence electrons. The number of benzene rings is 2. The fraction of sp³-hybridized carbons (Fsp3) is 0.316. The zero-order chi connectivity index (χ0) is 16.1. The molecule has 0 bridgehead atoms. The number of hydrogen-bond donors (Lipinski definition) is 2. The number of aryl methyl sites for hydroxylation is 1. The monoisotopic (exact) mass is 296 g/mol. The van der Waals surface area contributed by atoms with Crippen molar-refractivity contribution in [3.63, 3.8) is 0 Å². The molecule has 0 aromatic heterocycles. The Labute approximate surface area is 132 Å². The summed E-state index contributed by atoms with van der Waals surface area (Å²) in [4.78, 5) is 12.5. The van der Waals surface area contributed by atoms with E-state index < -0.39 is 0 Å². The summed E-state index contributed by atoms with van der Waals surface area (Å²) in [5.41, 5.74) is 10.4. The summed E-state index contributed by atoms with van der Waals surface area (Å²) in [6.07, 6.45) is 0.973. The Morgan fingerprint density at radius 2 is 1.77 bits per heavy atom. The van der Waals surface area contributed by atoms with Crippen LogP contribution in [0, 0.1) is 12.8 Å². The van der Waals surface area contributed by atoms with E-state index in [0.717, 1.165) is 28.8 Å². The number of para-hydroxylation sites is 1. The van der Waals surface area contributed by atoms with Gasteiger partial charge in [-0.2, -0.15) is 0 Å². The summed E-state index contributed by atoms with van der Waals surface area (Å²) >= 11 is 0. The van der Waals surface area contributed by atoms with E-state index in [9.17, 15) is 4.79 Å². The molecule has 0 saturated carbocycles. The van der Waals surface area contributed by atoms with E-state index in [0.29, 0.717) is 18.0 Å². The second kappa shape index (κ2) is 7.12. The highest BCUT2D eigenvalue weighted by Crippen LogP contribution is 2.30. The summed E-state index contributed by atoms with van der Waals surface area (Å²) in [6, 6.07) is 13.5. The number of hydrogen-bond acceptors (Lipinski definition) is 2. The van der Waals surface area contributed by atoms with Gasteiger partial charge in [0.25, 0.3) is 5.91 Å². The first-order valence-corrected chi connectivity index (χ1v) is 7.73. The Balaban J connectivity index is 2.31. The number of nitrogens with two attached hydrogens (primary N) is 1. The highest BCUT2D eigenvalue weighted by molar-refractivity contribution is 6.02. The third-order valence-electron chi connectivity index (χ3n) is 3.79. The van der Waals surface area contributed by atoms with Gasteiger partial charge in [-0.05, 0) is 36.5 Å². The van der Waals surface area contributed by atoms with Gasteiger partial charge in [0.2, 0.25) is 0 Å². The molecule has 3 heteroatoms. The van der Waals surface area contributed by atoms with Crippen LogP contribution in [0.4, 0.5) is 5.69 Å². The fourth-order valence-corrected chi connectivity index (χ4v) is 2.40. The van der Waals surface area contributed by atoms with Gasteiger partial charge in [-0.1, -0.05) is 50.2 Å². The first kappa shape index (κ1) is 16.1. The van der Waals surface area contributed by atoms with Crippen molar-refractivity contribution in [1.29, 1.82) is 0 Å². The molecule has 0 heterocycles. The topological polar surface area (TPSA) is 55.1 Å². The molecule has 1 amide bonds. The minimum atomic E-state index is -0.0443. The summed E-state index contributed by atoms with van der Waals surface area (Å²) in [5.74, 6) is 0.528. The normalized spacial score (nSPS) is 10.7. The molecule has 2 aromatic carbocycles. The summed E-state index contributed by atoms with van der Waals surface area (Å²) in [5, 5.41) is 2.99. The average molecular weight is 296 g/mol.